The zero-order valence-electron chi connectivity index (χ0n) is 11.7. The molecule has 0 aliphatic rings. The van der Waals surface area contributed by atoms with Crippen molar-refractivity contribution in [3.63, 3.8) is 0 Å². The van der Waals surface area contributed by atoms with Crippen molar-refractivity contribution in [3.05, 3.63) is 65.9 Å². The molecule has 4 heteroatoms. The molecule has 3 aromatic rings. The normalized spacial score (nSPS) is 10.7. The van der Waals surface area contributed by atoms with Gasteiger partial charge in [0, 0.05) is 41.0 Å². The summed E-state index contributed by atoms with van der Waals surface area (Å²) in [5, 5.41) is 3.96. The Labute approximate surface area is 122 Å². The van der Waals surface area contributed by atoms with Crippen LogP contribution < -0.4 is 5.32 Å². The number of aromatic nitrogens is 1. The highest BCUT2D eigenvalue weighted by atomic mass is 16.5. The Morgan fingerprint density at radius 2 is 2.05 bits per heavy atom. The predicted octanol–water partition coefficient (Wildman–Crippen LogP) is 3.57. The van der Waals surface area contributed by atoms with Gasteiger partial charge in [-0.1, -0.05) is 18.2 Å². The maximum absolute atomic E-state index is 12.4. The Hall–Kier alpha value is -2.59. The molecule has 0 aliphatic heterocycles. The lowest BCUT2D eigenvalue weighted by Crippen LogP contribution is -2.13. The fourth-order valence-electron chi connectivity index (χ4n) is 2.31. The molecule has 0 saturated heterocycles. The second-order valence-electron chi connectivity index (χ2n) is 4.82. The molecule has 0 radical (unpaired) electrons. The highest BCUT2D eigenvalue weighted by Crippen LogP contribution is 2.19. The van der Waals surface area contributed by atoms with Gasteiger partial charge >= 0.3 is 0 Å². The maximum atomic E-state index is 12.4. The summed E-state index contributed by atoms with van der Waals surface area (Å²) in [6, 6.07) is 15.2. The van der Waals surface area contributed by atoms with E-state index in [0.29, 0.717) is 12.2 Å². The number of hydrogen-bond donors (Lipinski definition) is 2. The van der Waals surface area contributed by atoms with Crippen LogP contribution in [0.3, 0.4) is 0 Å². The van der Waals surface area contributed by atoms with Crippen molar-refractivity contribution in [2.24, 2.45) is 0 Å². The largest absolute Gasteiger partial charge is 0.380 e. The van der Waals surface area contributed by atoms with Gasteiger partial charge in [-0.05, 0) is 30.3 Å². The molecule has 0 fully saturated rings. The number of methoxy groups -OCH3 is 1. The number of rotatable bonds is 4. The Kier molecular flexibility index (Phi) is 3.71. The highest BCUT2D eigenvalue weighted by molar-refractivity contribution is 6.06. The number of nitrogens with one attached hydrogen (secondary N) is 2. The summed E-state index contributed by atoms with van der Waals surface area (Å²) >= 11 is 0. The lowest BCUT2D eigenvalue weighted by atomic mass is 10.1. The van der Waals surface area contributed by atoms with Gasteiger partial charge in [0.25, 0.3) is 5.91 Å². The van der Waals surface area contributed by atoms with Crippen molar-refractivity contribution in [3.8, 4) is 0 Å². The number of amides is 1. The smallest absolute Gasteiger partial charge is 0.255 e. The van der Waals surface area contributed by atoms with Crippen molar-refractivity contribution in [2.75, 3.05) is 12.4 Å². The van der Waals surface area contributed by atoms with E-state index in [9.17, 15) is 4.79 Å². The average Bonchev–Trinajstić information content (AvgIpc) is 2.97. The van der Waals surface area contributed by atoms with Crippen molar-refractivity contribution in [2.45, 2.75) is 6.61 Å². The zero-order valence-corrected chi connectivity index (χ0v) is 11.7. The molecule has 0 atom stereocenters. The van der Waals surface area contributed by atoms with Crippen molar-refractivity contribution in [1.82, 2.24) is 4.98 Å². The molecule has 1 amide bonds. The molecule has 4 nitrogen and oxygen atoms in total. The number of carbonyl (C=O) groups excluding carboxylic acids is 1. The summed E-state index contributed by atoms with van der Waals surface area (Å²) in [7, 11) is 1.64. The number of anilines is 1. The van der Waals surface area contributed by atoms with Gasteiger partial charge in [0.15, 0.2) is 0 Å². The minimum absolute atomic E-state index is 0.123. The van der Waals surface area contributed by atoms with Crippen LogP contribution in [0.25, 0.3) is 10.9 Å². The number of benzene rings is 2. The van der Waals surface area contributed by atoms with Crippen LogP contribution in [0.15, 0.2) is 54.7 Å². The Morgan fingerprint density at radius 3 is 2.90 bits per heavy atom. The van der Waals surface area contributed by atoms with Crippen LogP contribution in [0.1, 0.15) is 15.9 Å². The van der Waals surface area contributed by atoms with Crippen LogP contribution >= 0.6 is 0 Å². The second kappa shape index (κ2) is 5.81. The van der Waals surface area contributed by atoms with Crippen molar-refractivity contribution in [1.29, 1.82) is 0 Å². The monoisotopic (exact) mass is 280 g/mol. The fraction of sp³-hybridized carbons (Fsp3) is 0.118. The molecule has 2 N–H and O–H groups in total. The Balaban J connectivity index is 1.85. The van der Waals surface area contributed by atoms with E-state index >= 15 is 0 Å². The van der Waals surface area contributed by atoms with E-state index < -0.39 is 0 Å². The number of aromatic amines is 1. The van der Waals surface area contributed by atoms with Crippen molar-refractivity contribution < 1.29 is 9.53 Å². The third kappa shape index (κ3) is 2.80. The maximum Gasteiger partial charge on any atom is 0.255 e. The van der Waals surface area contributed by atoms with Gasteiger partial charge < -0.3 is 15.0 Å². The predicted molar refractivity (Wildman–Crippen MR) is 83.4 cm³/mol. The number of H-pyrrole nitrogens is 1. The van der Waals surface area contributed by atoms with Gasteiger partial charge in [-0.25, -0.2) is 0 Å². The topological polar surface area (TPSA) is 54.1 Å². The van der Waals surface area contributed by atoms with Crippen LogP contribution in [-0.2, 0) is 11.3 Å². The number of para-hydroxylation sites is 1. The van der Waals surface area contributed by atoms with Crippen LogP contribution in [0, 0.1) is 0 Å². The van der Waals surface area contributed by atoms with Gasteiger partial charge in [0.05, 0.1) is 6.61 Å². The summed E-state index contributed by atoms with van der Waals surface area (Å²) in [6.07, 6.45) is 1.86. The third-order valence-electron chi connectivity index (χ3n) is 3.38. The first-order valence-electron chi connectivity index (χ1n) is 6.73. The highest BCUT2D eigenvalue weighted by Gasteiger charge is 2.09. The van der Waals surface area contributed by atoms with Gasteiger partial charge in [-0.15, -0.1) is 0 Å². The first-order valence-corrected chi connectivity index (χ1v) is 6.73. The molecular weight excluding hydrogens is 264 g/mol. The molecule has 0 saturated carbocycles. The van der Waals surface area contributed by atoms with Gasteiger partial charge in [0.1, 0.15) is 0 Å². The number of ether oxygens (including phenoxy) is 1. The van der Waals surface area contributed by atoms with E-state index in [1.165, 1.54) is 0 Å². The molecule has 0 unspecified atom stereocenters. The lowest BCUT2D eigenvalue weighted by molar-refractivity contribution is 0.102. The molecular formula is C17H16N2O2. The van der Waals surface area contributed by atoms with Crippen LogP contribution in [0.5, 0.6) is 0 Å². The SMILES string of the molecule is COCc1ccccc1NC(=O)c1ccc2[nH]ccc2c1. The van der Waals surface area contributed by atoms with Gasteiger partial charge in [-0.3, -0.25) is 4.79 Å². The lowest BCUT2D eigenvalue weighted by Gasteiger charge is -2.10. The summed E-state index contributed by atoms with van der Waals surface area (Å²) < 4.78 is 5.15. The quantitative estimate of drug-likeness (QED) is 0.767. The fourth-order valence-corrected chi connectivity index (χ4v) is 2.31. The number of hydrogen-bond acceptors (Lipinski definition) is 2. The number of carbonyl (C=O) groups is 1. The second-order valence-corrected chi connectivity index (χ2v) is 4.82. The van der Waals surface area contributed by atoms with Gasteiger partial charge in [0.2, 0.25) is 0 Å². The standard InChI is InChI=1S/C17H16N2O2/c1-21-11-14-4-2-3-5-16(14)19-17(20)13-6-7-15-12(10-13)8-9-18-15/h2-10,18H,11H2,1H3,(H,19,20). The Bertz CT molecular complexity index is 777. The molecule has 0 bridgehead atoms. The average molecular weight is 280 g/mol. The molecule has 1 heterocycles. The number of fused-ring (bicyclic) bond motifs is 1. The molecule has 21 heavy (non-hydrogen) atoms. The summed E-state index contributed by atoms with van der Waals surface area (Å²) in [5.74, 6) is -0.123. The molecule has 106 valence electrons. The first-order chi connectivity index (χ1) is 10.3. The molecule has 0 spiro atoms. The molecule has 3 rings (SSSR count). The summed E-state index contributed by atoms with van der Waals surface area (Å²) in [6.45, 7) is 0.466. The molecule has 2 aromatic carbocycles. The zero-order chi connectivity index (χ0) is 14.7. The van der Waals surface area contributed by atoms with E-state index in [0.717, 1.165) is 22.2 Å². The van der Waals surface area contributed by atoms with E-state index in [-0.39, 0.29) is 5.91 Å². The van der Waals surface area contributed by atoms with E-state index in [4.69, 9.17) is 4.74 Å². The third-order valence-corrected chi connectivity index (χ3v) is 3.38. The van der Waals surface area contributed by atoms with E-state index in [1.54, 1.807) is 7.11 Å². The first kappa shape index (κ1) is 13.4. The van der Waals surface area contributed by atoms with Crippen LogP contribution in [0.2, 0.25) is 0 Å². The minimum atomic E-state index is -0.123. The van der Waals surface area contributed by atoms with E-state index in [2.05, 4.69) is 10.3 Å². The van der Waals surface area contributed by atoms with Crippen molar-refractivity contribution >= 4 is 22.5 Å². The van der Waals surface area contributed by atoms with Crippen LogP contribution in [0.4, 0.5) is 5.69 Å². The Morgan fingerprint density at radius 1 is 1.19 bits per heavy atom. The van der Waals surface area contributed by atoms with Gasteiger partial charge in [-0.2, -0.15) is 0 Å². The summed E-state index contributed by atoms with van der Waals surface area (Å²) in [4.78, 5) is 15.5. The minimum Gasteiger partial charge on any atom is -0.380 e. The molecule has 0 aliphatic carbocycles. The van der Waals surface area contributed by atoms with Crippen LogP contribution in [-0.4, -0.2) is 18.0 Å². The van der Waals surface area contributed by atoms with E-state index in [1.807, 2.05) is 54.7 Å². The summed E-state index contributed by atoms with van der Waals surface area (Å²) in [5.41, 5.74) is 3.38. The molecule has 1 aromatic heterocycles.